The topological polar surface area (TPSA) is 84.6 Å². The normalized spacial score (nSPS) is 21.5. The first-order chi connectivity index (χ1) is 16.9. The molecular formula is C26H25F2N5O2. The first kappa shape index (κ1) is 21.9. The number of ether oxygens (including phenoxy) is 1. The summed E-state index contributed by atoms with van der Waals surface area (Å²) in [6.07, 6.45) is 2.54. The van der Waals surface area contributed by atoms with E-state index in [-0.39, 0.29) is 24.6 Å². The fourth-order valence-corrected chi connectivity index (χ4v) is 4.98. The molecule has 6 rings (SSSR count). The summed E-state index contributed by atoms with van der Waals surface area (Å²) in [7, 11) is 1.47. The molecule has 0 bridgehead atoms. The Morgan fingerprint density at radius 3 is 2.66 bits per heavy atom. The summed E-state index contributed by atoms with van der Waals surface area (Å²) in [5.41, 5.74) is 8.66. The summed E-state index contributed by atoms with van der Waals surface area (Å²) in [6, 6.07) is 9.58. The number of rotatable bonds is 5. The molecule has 35 heavy (non-hydrogen) atoms. The van der Waals surface area contributed by atoms with E-state index in [0.29, 0.717) is 46.7 Å². The number of carbonyl (C=O) groups excluding carboxylic acids is 1. The number of halogens is 2. The molecule has 2 N–H and O–H groups in total. The summed E-state index contributed by atoms with van der Waals surface area (Å²) in [6.45, 7) is 0.745. The van der Waals surface area contributed by atoms with Gasteiger partial charge in [-0.2, -0.15) is 0 Å². The van der Waals surface area contributed by atoms with Gasteiger partial charge in [-0.05, 0) is 54.7 Å². The summed E-state index contributed by atoms with van der Waals surface area (Å²) < 4.78 is 34.4. The average molecular weight is 478 g/mol. The number of alkyl halides is 1. The molecule has 1 saturated carbocycles. The van der Waals surface area contributed by atoms with Gasteiger partial charge in [-0.3, -0.25) is 14.7 Å². The molecule has 7 nitrogen and oxygen atoms in total. The maximum Gasteiger partial charge on any atom is 0.260 e. The van der Waals surface area contributed by atoms with Gasteiger partial charge in [0.15, 0.2) is 0 Å². The molecule has 0 unspecified atom stereocenters. The number of aromatic nitrogens is 2. The minimum atomic E-state index is -1.12. The molecule has 9 heteroatoms. The Hall–Kier alpha value is -3.59. The number of benzene rings is 1. The first-order valence-corrected chi connectivity index (χ1v) is 11.7. The molecule has 1 aliphatic carbocycles. The van der Waals surface area contributed by atoms with E-state index in [1.54, 1.807) is 23.1 Å². The van der Waals surface area contributed by atoms with Crippen molar-refractivity contribution in [2.75, 3.05) is 30.0 Å². The van der Waals surface area contributed by atoms with Crippen LogP contribution < -0.4 is 20.3 Å². The Kier molecular flexibility index (Phi) is 5.17. The zero-order valence-electron chi connectivity index (χ0n) is 19.2. The molecule has 1 saturated heterocycles. The van der Waals surface area contributed by atoms with Gasteiger partial charge in [0.1, 0.15) is 29.4 Å². The van der Waals surface area contributed by atoms with Crippen LogP contribution in [0.4, 0.5) is 20.4 Å². The van der Waals surface area contributed by atoms with Crippen molar-refractivity contribution in [2.24, 2.45) is 5.73 Å². The van der Waals surface area contributed by atoms with Crippen LogP contribution in [0.2, 0.25) is 0 Å². The van der Waals surface area contributed by atoms with Gasteiger partial charge in [-0.15, -0.1) is 0 Å². The minimum Gasteiger partial charge on any atom is -0.496 e. The zero-order chi connectivity index (χ0) is 24.3. The Balaban J connectivity index is 1.41. The molecule has 1 aromatic carbocycles. The highest BCUT2D eigenvalue weighted by atomic mass is 19.1. The molecule has 180 valence electrons. The summed E-state index contributed by atoms with van der Waals surface area (Å²) >= 11 is 0. The molecule has 2 aliphatic heterocycles. The highest BCUT2D eigenvalue weighted by Crippen LogP contribution is 2.44. The Morgan fingerprint density at radius 1 is 1.14 bits per heavy atom. The SMILES string of the molecule is COc1cccc(F)c1-c1nccc2c1CN(c1cc(C3CC3)cc(N3C[C@@H](F)[C@@H](N)C3)n1)C2=O. The molecule has 2 fully saturated rings. The highest BCUT2D eigenvalue weighted by molar-refractivity contribution is 6.10. The van der Waals surface area contributed by atoms with Crippen LogP contribution >= 0.6 is 0 Å². The fraction of sp³-hybridized carbons (Fsp3) is 0.346. The van der Waals surface area contributed by atoms with Crippen molar-refractivity contribution < 1.29 is 18.3 Å². The van der Waals surface area contributed by atoms with Crippen molar-refractivity contribution in [2.45, 2.75) is 37.5 Å². The van der Waals surface area contributed by atoms with Gasteiger partial charge < -0.3 is 15.4 Å². The number of hydrogen-bond donors (Lipinski definition) is 1. The smallest absolute Gasteiger partial charge is 0.260 e. The van der Waals surface area contributed by atoms with E-state index in [9.17, 15) is 13.6 Å². The molecule has 4 heterocycles. The lowest BCUT2D eigenvalue weighted by molar-refractivity contribution is 0.0996. The second kappa shape index (κ2) is 8.27. The number of pyridine rings is 2. The lowest BCUT2D eigenvalue weighted by atomic mass is 10.0. The number of anilines is 2. The molecule has 3 aliphatic rings. The monoisotopic (exact) mass is 477 g/mol. The zero-order valence-corrected chi connectivity index (χ0v) is 19.2. The fourth-order valence-electron chi connectivity index (χ4n) is 4.98. The lowest BCUT2D eigenvalue weighted by Crippen LogP contribution is -2.30. The second-order valence-electron chi connectivity index (χ2n) is 9.37. The first-order valence-electron chi connectivity index (χ1n) is 11.7. The summed E-state index contributed by atoms with van der Waals surface area (Å²) in [5, 5.41) is 0. The number of fused-ring (bicyclic) bond motifs is 1. The molecule has 2 aromatic heterocycles. The van der Waals surface area contributed by atoms with Gasteiger partial charge in [0.25, 0.3) is 5.91 Å². The van der Waals surface area contributed by atoms with Crippen LogP contribution in [0.15, 0.2) is 42.6 Å². The van der Waals surface area contributed by atoms with E-state index in [4.69, 9.17) is 15.5 Å². The Labute approximate surface area is 201 Å². The maximum atomic E-state index is 14.9. The minimum absolute atomic E-state index is 0.178. The Bertz CT molecular complexity index is 1320. The molecule has 0 radical (unpaired) electrons. The summed E-state index contributed by atoms with van der Waals surface area (Å²) in [4.78, 5) is 26.1. The third-order valence-corrected chi connectivity index (χ3v) is 7.04. The second-order valence-corrected chi connectivity index (χ2v) is 9.37. The van der Waals surface area contributed by atoms with Crippen molar-refractivity contribution in [1.82, 2.24) is 9.97 Å². The van der Waals surface area contributed by atoms with Crippen molar-refractivity contribution in [1.29, 1.82) is 0 Å². The van der Waals surface area contributed by atoms with E-state index in [0.717, 1.165) is 18.4 Å². The van der Waals surface area contributed by atoms with Crippen LogP contribution in [-0.4, -0.2) is 48.3 Å². The van der Waals surface area contributed by atoms with Gasteiger partial charge in [0.2, 0.25) is 0 Å². The van der Waals surface area contributed by atoms with Crippen molar-refractivity contribution in [3.63, 3.8) is 0 Å². The van der Waals surface area contributed by atoms with Crippen LogP contribution in [0.25, 0.3) is 11.3 Å². The molecule has 0 spiro atoms. The van der Waals surface area contributed by atoms with Gasteiger partial charge >= 0.3 is 0 Å². The molecule has 2 atom stereocenters. The van der Waals surface area contributed by atoms with Crippen LogP contribution in [-0.2, 0) is 6.54 Å². The van der Waals surface area contributed by atoms with E-state index in [2.05, 4.69) is 4.98 Å². The van der Waals surface area contributed by atoms with E-state index in [1.807, 2.05) is 17.0 Å². The van der Waals surface area contributed by atoms with Crippen LogP contribution in [0.5, 0.6) is 5.75 Å². The van der Waals surface area contributed by atoms with Crippen LogP contribution in [0.1, 0.15) is 40.2 Å². The lowest BCUT2D eigenvalue weighted by Gasteiger charge is -2.22. The van der Waals surface area contributed by atoms with E-state index in [1.165, 1.54) is 19.4 Å². The van der Waals surface area contributed by atoms with Crippen molar-refractivity contribution in [3.05, 3.63) is 65.1 Å². The molecule has 1 amide bonds. The number of methoxy groups -OCH3 is 1. The standard InChI is InChI=1S/C26H25F2N5O2/c1-35-21-4-2-3-18(27)24(21)25-17-11-33(26(34)16(17)7-8-30-25)23-10-15(14-5-6-14)9-22(31-23)32-12-19(28)20(29)13-32/h2-4,7-10,14,19-20H,5-6,11-13,29H2,1H3/t19-,20+/m1/s1. The third-order valence-electron chi connectivity index (χ3n) is 7.04. The molecule has 3 aromatic rings. The third kappa shape index (κ3) is 3.70. The number of hydrogen-bond acceptors (Lipinski definition) is 6. The largest absolute Gasteiger partial charge is 0.496 e. The number of amides is 1. The quantitative estimate of drug-likeness (QED) is 0.602. The maximum absolute atomic E-state index is 14.9. The number of nitrogens with two attached hydrogens (primary N) is 1. The van der Waals surface area contributed by atoms with E-state index >= 15 is 0 Å². The van der Waals surface area contributed by atoms with Gasteiger partial charge in [0.05, 0.1) is 37.5 Å². The van der Waals surface area contributed by atoms with Crippen molar-refractivity contribution >= 4 is 17.5 Å². The summed E-state index contributed by atoms with van der Waals surface area (Å²) in [5.74, 6) is 1.17. The van der Waals surface area contributed by atoms with Gasteiger partial charge in [-0.25, -0.2) is 13.8 Å². The van der Waals surface area contributed by atoms with Crippen LogP contribution in [0, 0.1) is 5.82 Å². The number of nitrogens with zero attached hydrogens (tertiary/aromatic N) is 4. The average Bonchev–Trinajstić information content (AvgIpc) is 3.59. The van der Waals surface area contributed by atoms with Crippen molar-refractivity contribution in [3.8, 4) is 17.0 Å². The van der Waals surface area contributed by atoms with Gasteiger partial charge in [0, 0.05) is 23.9 Å². The Morgan fingerprint density at radius 2 is 1.94 bits per heavy atom. The predicted molar refractivity (Wildman–Crippen MR) is 128 cm³/mol. The van der Waals surface area contributed by atoms with E-state index < -0.39 is 18.0 Å². The van der Waals surface area contributed by atoms with Crippen LogP contribution in [0.3, 0.4) is 0 Å². The van der Waals surface area contributed by atoms with Gasteiger partial charge in [-0.1, -0.05) is 6.07 Å². The molecular weight excluding hydrogens is 452 g/mol. The highest BCUT2D eigenvalue weighted by Gasteiger charge is 2.36. The number of carbonyl (C=O) groups is 1. The predicted octanol–water partition coefficient (Wildman–Crippen LogP) is 3.81.